The van der Waals surface area contributed by atoms with Gasteiger partial charge in [0.25, 0.3) is 5.91 Å². The first-order chi connectivity index (χ1) is 15.6. The Morgan fingerprint density at radius 2 is 1.72 bits per heavy atom. The SMILES string of the molecule is Cc1cc(C)nc(N2CCO[C@H](c3cc(C(=O)N4CCOCC4)c4ccccc4n3)C2)n1. The van der Waals surface area contributed by atoms with Gasteiger partial charge in [0.15, 0.2) is 0 Å². The molecule has 0 unspecified atom stereocenters. The van der Waals surface area contributed by atoms with Crippen LogP contribution in [0.15, 0.2) is 36.4 Å². The van der Waals surface area contributed by atoms with E-state index < -0.39 is 0 Å². The summed E-state index contributed by atoms with van der Waals surface area (Å²) in [4.78, 5) is 31.4. The third-order valence-corrected chi connectivity index (χ3v) is 5.91. The molecule has 1 atom stereocenters. The number of para-hydroxylation sites is 1. The fourth-order valence-corrected chi connectivity index (χ4v) is 4.33. The highest BCUT2D eigenvalue weighted by Crippen LogP contribution is 2.28. The molecule has 1 amide bonds. The number of pyridine rings is 1. The van der Waals surface area contributed by atoms with Crippen LogP contribution in [0.2, 0.25) is 0 Å². The van der Waals surface area contributed by atoms with Gasteiger partial charge in [0, 0.05) is 36.4 Å². The predicted molar refractivity (Wildman–Crippen MR) is 121 cm³/mol. The number of rotatable bonds is 3. The number of anilines is 1. The number of fused-ring (bicyclic) bond motifs is 1. The summed E-state index contributed by atoms with van der Waals surface area (Å²) in [7, 11) is 0. The van der Waals surface area contributed by atoms with Crippen LogP contribution in [-0.4, -0.2) is 71.8 Å². The lowest BCUT2D eigenvalue weighted by Gasteiger charge is -2.33. The van der Waals surface area contributed by atoms with E-state index >= 15 is 0 Å². The maximum absolute atomic E-state index is 13.4. The number of aryl methyl sites for hydroxylation is 2. The highest BCUT2D eigenvalue weighted by molar-refractivity contribution is 6.06. The van der Waals surface area contributed by atoms with Crippen molar-refractivity contribution in [1.29, 1.82) is 0 Å². The second-order valence-corrected chi connectivity index (χ2v) is 8.27. The number of benzene rings is 1. The number of hydrogen-bond donors (Lipinski definition) is 0. The van der Waals surface area contributed by atoms with Gasteiger partial charge in [0.05, 0.1) is 43.1 Å². The molecule has 0 aliphatic carbocycles. The number of morpholine rings is 2. The van der Waals surface area contributed by atoms with Gasteiger partial charge in [-0.3, -0.25) is 4.79 Å². The van der Waals surface area contributed by atoms with Gasteiger partial charge < -0.3 is 19.3 Å². The monoisotopic (exact) mass is 433 g/mol. The summed E-state index contributed by atoms with van der Waals surface area (Å²) in [5, 5.41) is 0.859. The minimum Gasteiger partial charge on any atom is -0.378 e. The Hall–Kier alpha value is -3.10. The minimum atomic E-state index is -0.269. The smallest absolute Gasteiger partial charge is 0.254 e. The average Bonchev–Trinajstić information content (AvgIpc) is 2.83. The third-order valence-electron chi connectivity index (χ3n) is 5.91. The summed E-state index contributed by atoms with van der Waals surface area (Å²) in [6, 6.07) is 11.7. The van der Waals surface area contributed by atoms with Gasteiger partial charge in [0.2, 0.25) is 5.95 Å². The van der Waals surface area contributed by atoms with Crippen LogP contribution in [0.1, 0.15) is 33.5 Å². The molecule has 8 nitrogen and oxygen atoms in total. The fourth-order valence-electron chi connectivity index (χ4n) is 4.33. The Balaban J connectivity index is 1.49. The Bertz CT molecular complexity index is 1130. The first kappa shape index (κ1) is 20.8. The van der Waals surface area contributed by atoms with Crippen LogP contribution in [0.5, 0.6) is 0 Å². The molecule has 5 rings (SSSR count). The molecule has 2 aliphatic rings. The zero-order valence-corrected chi connectivity index (χ0v) is 18.5. The van der Waals surface area contributed by atoms with E-state index in [0.717, 1.165) is 28.0 Å². The lowest BCUT2D eigenvalue weighted by molar-refractivity contribution is 0.0300. The molecule has 166 valence electrons. The quantitative estimate of drug-likeness (QED) is 0.628. The van der Waals surface area contributed by atoms with E-state index in [1.165, 1.54) is 0 Å². The topological polar surface area (TPSA) is 80.7 Å². The van der Waals surface area contributed by atoms with E-state index in [1.807, 2.05) is 55.1 Å². The maximum atomic E-state index is 13.4. The largest absolute Gasteiger partial charge is 0.378 e. The molecule has 32 heavy (non-hydrogen) atoms. The number of aromatic nitrogens is 3. The van der Waals surface area contributed by atoms with Crippen LogP contribution in [0, 0.1) is 13.8 Å². The van der Waals surface area contributed by atoms with Gasteiger partial charge in [-0.25, -0.2) is 15.0 Å². The van der Waals surface area contributed by atoms with Crippen molar-refractivity contribution in [1.82, 2.24) is 19.9 Å². The Morgan fingerprint density at radius 1 is 0.969 bits per heavy atom. The molecule has 3 aromatic rings. The van der Waals surface area contributed by atoms with Crippen LogP contribution in [-0.2, 0) is 9.47 Å². The van der Waals surface area contributed by atoms with Gasteiger partial charge in [0.1, 0.15) is 6.10 Å². The Labute approximate surface area is 187 Å². The van der Waals surface area contributed by atoms with Crippen molar-refractivity contribution in [2.24, 2.45) is 0 Å². The first-order valence-electron chi connectivity index (χ1n) is 11.0. The summed E-state index contributed by atoms with van der Waals surface area (Å²) in [5.41, 5.74) is 4.10. The van der Waals surface area contributed by atoms with Crippen molar-refractivity contribution >= 4 is 22.8 Å². The zero-order chi connectivity index (χ0) is 22.1. The summed E-state index contributed by atoms with van der Waals surface area (Å²) in [6.07, 6.45) is -0.269. The van der Waals surface area contributed by atoms with E-state index in [1.54, 1.807) is 0 Å². The lowest BCUT2D eigenvalue weighted by Crippen LogP contribution is -2.41. The summed E-state index contributed by atoms with van der Waals surface area (Å²) < 4.78 is 11.5. The number of carbonyl (C=O) groups is 1. The molecule has 0 N–H and O–H groups in total. The summed E-state index contributed by atoms with van der Waals surface area (Å²) in [6.45, 7) is 8.13. The number of carbonyl (C=O) groups excluding carboxylic acids is 1. The third kappa shape index (κ3) is 4.16. The standard InChI is InChI=1S/C24H27N5O3/c1-16-13-17(2)26-24(25-16)29-9-12-32-22(15-29)21-14-19(18-5-3-4-6-20(18)27-21)23(30)28-7-10-31-11-8-28/h3-6,13-14,22H,7-12,15H2,1-2H3/t22-/m0/s1. The summed E-state index contributed by atoms with van der Waals surface area (Å²) >= 11 is 0. The number of hydrogen-bond acceptors (Lipinski definition) is 7. The predicted octanol–water partition coefficient (Wildman–Crippen LogP) is 2.69. The van der Waals surface area contributed by atoms with Crippen molar-refractivity contribution in [2.75, 3.05) is 50.9 Å². The Kier molecular flexibility index (Phi) is 5.71. The van der Waals surface area contributed by atoms with Crippen molar-refractivity contribution in [2.45, 2.75) is 20.0 Å². The van der Waals surface area contributed by atoms with E-state index in [0.29, 0.717) is 57.5 Å². The van der Waals surface area contributed by atoms with Crippen molar-refractivity contribution in [3.8, 4) is 0 Å². The van der Waals surface area contributed by atoms with Crippen LogP contribution >= 0.6 is 0 Å². The van der Waals surface area contributed by atoms with E-state index in [9.17, 15) is 4.79 Å². The molecular weight excluding hydrogens is 406 g/mol. The second kappa shape index (κ2) is 8.80. The average molecular weight is 434 g/mol. The normalized spacial score (nSPS) is 19.4. The molecule has 0 spiro atoms. The number of nitrogens with zero attached hydrogens (tertiary/aromatic N) is 5. The molecular formula is C24H27N5O3. The van der Waals surface area contributed by atoms with Gasteiger partial charge in [-0.05, 0) is 32.0 Å². The second-order valence-electron chi connectivity index (χ2n) is 8.27. The maximum Gasteiger partial charge on any atom is 0.254 e. The highest BCUT2D eigenvalue weighted by atomic mass is 16.5. The molecule has 2 saturated heterocycles. The molecule has 2 aliphatic heterocycles. The zero-order valence-electron chi connectivity index (χ0n) is 18.5. The van der Waals surface area contributed by atoms with Gasteiger partial charge in [-0.15, -0.1) is 0 Å². The molecule has 0 saturated carbocycles. The van der Waals surface area contributed by atoms with Crippen LogP contribution in [0.3, 0.4) is 0 Å². The number of ether oxygens (including phenoxy) is 2. The van der Waals surface area contributed by atoms with Crippen molar-refractivity contribution in [3.05, 3.63) is 59.0 Å². The highest BCUT2D eigenvalue weighted by Gasteiger charge is 2.28. The molecule has 0 radical (unpaired) electrons. The van der Waals surface area contributed by atoms with Crippen LogP contribution in [0.4, 0.5) is 5.95 Å². The van der Waals surface area contributed by atoms with E-state index in [2.05, 4.69) is 14.9 Å². The fraction of sp³-hybridized carbons (Fsp3) is 0.417. The molecule has 4 heterocycles. The summed E-state index contributed by atoms with van der Waals surface area (Å²) in [5.74, 6) is 0.722. The van der Waals surface area contributed by atoms with Gasteiger partial charge in [-0.1, -0.05) is 18.2 Å². The van der Waals surface area contributed by atoms with E-state index in [-0.39, 0.29) is 12.0 Å². The number of amides is 1. The lowest BCUT2D eigenvalue weighted by atomic mass is 10.0. The molecule has 2 fully saturated rings. The van der Waals surface area contributed by atoms with E-state index in [4.69, 9.17) is 14.5 Å². The van der Waals surface area contributed by atoms with Crippen molar-refractivity contribution in [3.63, 3.8) is 0 Å². The molecule has 0 bridgehead atoms. The van der Waals surface area contributed by atoms with Crippen LogP contribution in [0.25, 0.3) is 10.9 Å². The van der Waals surface area contributed by atoms with Gasteiger partial charge >= 0.3 is 0 Å². The van der Waals surface area contributed by atoms with Crippen LogP contribution < -0.4 is 4.90 Å². The van der Waals surface area contributed by atoms with Crippen molar-refractivity contribution < 1.29 is 14.3 Å². The first-order valence-corrected chi connectivity index (χ1v) is 11.0. The minimum absolute atomic E-state index is 0.0125. The molecule has 1 aromatic carbocycles. The Morgan fingerprint density at radius 3 is 2.50 bits per heavy atom. The molecule has 2 aromatic heterocycles. The van der Waals surface area contributed by atoms with Gasteiger partial charge in [-0.2, -0.15) is 0 Å². The molecule has 8 heteroatoms.